The molecule has 0 radical (unpaired) electrons. The van der Waals surface area contributed by atoms with E-state index < -0.39 is 5.41 Å². The number of hydrogen-bond acceptors (Lipinski definition) is 2. The summed E-state index contributed by atoms with van der Waals surface area (Å²) in [6.45, 7) is 2.19. The van der Waals surface area contributed by atoms with Crippen LogP contribution in [0.3, 0.4) is 0 Å². The molecule has 17 heavy (non-hydrogen) atoms. The number of rotatable bonds is 3. The van der Waals surface area contributed by atoms with Crippen LogP contribution in [0, 0.1) is 0 Å². The SMILES string of the molecule is CCCC1(c2ccccc2)C(=O)NCNC1=O. The second kappa shape index (κ2) is 4.57. The van der Waals surface area contributed by atoms with Crippen molar-refractivity contribution >= 4 is 11.8 Å². The molecule has 4 nitrogen and oxygen atoms in total. The molecule has 0 saturated carbocycles. The number of nitrogens with one attached hydrogen (secondary N) is 2. The lowest BCUT2D eigenvalue weighted by molar-refractivity contribution is -0.141. The lowest BCUT2D eigenvalue weighted by Crippen LogP contribution is -2.62. The zero-order valence-electron chi connectivity index (χ0n) is 9.82. The highest BCUT2D eigenvalue weighted by Crippen LogP contribution is 2.31. The van der Waals surface area contributed by atoms with Gasteiger partial charge >= 0.3 is 0 Å². The Balaban J connectivity index is 2.51. The molecule has 1 aromatic carbocycles. The van der Waals surface area contributed by atoms with Crippen LogP contribution in [0.15, 0.2) is 30.3 Å². The van der Waals surface area contributed by atoms with Gasteiger partial charge in [0, 0.05) is 0 Å². The van der Waals surface area contributed by atoms with Gasteiger partial charge in [0.05, 0.1) is 6.67 Å². The molecular weight excluding hydrogens is 216 g/mol. The molecule has 1 aliphatic heterocycles. The van der Waals surface area contributed by atoms with Gasteiger partial charge in [-0.1, -0.05) is 43.7 Å². The average Bonchev–Trinajstić information content (AvgIpc) is 2.35. The van der Waals surface area contributed by atoms with Gasteiger partial charge in [-0.25, -0.2) is 0 Å². The van der Waals surface area contributed by atoms with Crippen molar-refractivity contribution in [3.8, 4) is 0 Å². The molecule has 1 saturated heterocycles. The van der Waals surface area contributed by atoms with Crippen molar-refractivity contribution in [2.75, 3.05) is 6.67 Å². The fourth-order valence-electron chi connectivity index (χ4n) is 2.34. The minimum atomic E-state index is -1.06. The summed E-state index contributed by atoms with van der Waals surface area (Å²) in [5.74, 6) is -0.399. The third-order valence-corrected chi connectivity index (χ3v) is 3.16. The molecule has 0 atom stereocenters. The van der Waals surface area contributed by atoms with Crippen LogP contribution in [0.1, 0.15) is 25.3 Å². The fourth-order valence-corrected chi connectivity index (χ4v) is 2.34. The van der Waals surface area contributed by atoms with E-state index in [9.17, 15) is 9.59 Å². The Morgan fingerprint density at radius 2 is 1.71 bits per heavy atom. The van der Waals surface area contributed by atoms with Gasteiger partial charge in [-0.15, -0.1) is 0 Å². The minimum Gasteiger partial charge on any atom is -0.337 e. The first-order chi connectivity index (χ1) is 8.21. The largest absolute Gasteiger partial charge is 0.337 e. The summed E-state index contributed by atoms with van der Waals surface area (Å²) in [7, 11) is 0. The molecule has 0 unspecified atom stereocenters. The highest BCUT2D eigenvalue weighted by Gasteiger charge is 2.48. The van der Waals surface area contributed by atoms with Gasteiger partial charge in [-0.2, -0.15) is 0 Å². The van der Waals surface area contributed by atoms with E-state index in [1.54, 1.807) is 0 Å². The Kier molecular flexibility index (Phi) is 3.13. The smallest absolute Gasteiger partial charge is 0.241 e. The lowest BCUT2D eigenvalue weighted by atomic mass is 9.74. The monoisotopic (exact) mass is 232 g/mol. The Bertz CT molecular complexity index is 412. The predicted octanol–water partition coefficient (Wildman–Crippen LogP) is 0.928. The van der Waals surface area contributed by atoms with Crippen LogP contribution in [0.2, 0.25) is 0 Å². The van der Waals surface area contributed by atoms with E-state index in [4.69, 9.17) is 0 Å². The first-order valence-electron chi connectivity index (χ1n) is 5.84. The molecule has 0 bridgehead atoms. The highest BCUT2D eigenvalue weighted by atomic mass is 16.2. The van der Waals surface area contributed by atoms with E-state index in [-0.39, 0.29) is 18.5 Å². The number of benzene rings is 1. The van der Waals surface area contributed by atoms with Crippen LogP contribution >= 0.6 is 0 Å². The van der Waals surface area contributed by atoms with Crippen LogP contribution < -0.4 is 10.6 Å². The molecule has 0 aromatic heterocycles. The minimum absolute atomic E-state index is 0.200. The molecule has 1 heterocycles. The van der Waals surface area contributed by atoms with E-state index in [1.807, 2.05) is 37.3 Å². The molecular formula is C13H16N2O2. The molecule has 0 spiro atoms. The summed E-state index contributed by atoms with van der Waals surface area (Å²) in [4.78, 5) is 24.3. The normalized spacial score (nSPS) is 18.4. The van der Waals surface area contributed by atoms with Crippen molar-refractivity contribution in [1.29, 1.82) is 0 Å². The van der Waals surface area contributed by atoms with E-state index >= 15 is 0 Å². The Labute approximate surface area is 100 Å². The lowest BCUT2D eigenvalue weighted by Gasteiger charge is -2.35. The molecule has 1 fully saturated rings. The average molecular weight is 232 g/mol. The molecule has 1 aromatic rings. The Morgan fingerprint density at radius 1 is 1.12 bits per heavy atom. The van der Waals surface area contributed by atoms with Crippen LogP contribution in [-0.4, -0.2) is 18.5 Å². The van der Waals surface area contributed by atoms with Gasteiger partial charge in [0.2, 0.25) is 11.8 Å². The molecule has 90 valence electrons. The zero-order chi connectivity index (χ0) is 12.3. The van der Waals surface area contributed by atoms with E-state index in [2.05, 4.69) is 10.6 Å². The predicted molar refractivity (Wildman–Crippen MR) is 64.2 cm³/mol. The summed E-state index contributed by atoms with van der Waals surface area (Å²) in [6, 6.07) is 9.24. The van der Waals surface area contributed by atoms with Gasteiger partial charge in [-0.05, 0) is 12.0 Å². The van der Waals surface area contributed by atoms with Gasteiger partial charge in [0.15, 0.2) is 5.41 Å². The standard InChI is InChI=1S/C13H16N2O2/c1-2-8-13(10-6-4-3-5-7-10)11(16)14-9-15-12(13)17/h3-7H,2,8-9H2,1H3,(H,14,16)(H,15,17). The van der Waals surface area contributed by atoms with Gasteiger partial charge in [-0.3, -0.25) is 9.59 Å². The molecule has 4 heteroatoms. The first kappa shape index (κ1) is 11.6. The van der Waals surface area contributed by atoms with Gasteiger partial charge in [0.25, 0.3) is 0 Å². The van der Waals surface area contributed by atoms with Gasteiger partial charge < -0.3 is 10.6 Å². The van der Waals surface area contributed by atoms with Crippen LogP contribution in [-0.2, 0) is 15.0 Å². The highest BCUT2D eigenvalue weighted by molar-refractivity contribution is 6.12. The fraction of sp³-hybridized carbons (Fsp3) is 0.385. The van der Waals surface area contributed by atoms with E-state index in [0.717, 1.165) is 12.0 Å². The van der Waals surface area contributed by atoms with Crippen molar-refractivity contribution in [3.63, 3.8) is 0 Å². The van der Waals surface area contributed by atoms with Crippen LogP contribution in [0.25, 0.3) is 0 Å². The summed E-state index contributed by atoms with van der Waals surface area (Å²) in [6.07, 6.45) is 1.30. The number of amides is 2. The van der Waals surface area contributed by atoms with Crippen LogP contribution in [0.4, 0.5) is 0 Å². The second-order valence-corrected chi connectivity index (χ2v) is 4.21. The summed E-state index contributed by atoms with van der Waals surface area (Å²) in [5.41, 5.74) is -0.301. The quantitative estimate of drug-likeness (QED) is 0.762. The molecule has 2 N–H and O–H groups in total. The van der Waals surface area contributed by atoms with Crippen molar-refractivity contribution in [2.45, 2.75) is 25.2 Å². The van der Waals surface area contributed by atoms with Crippen LogP contribution in [0.5, 0.6) is 0 Å². The van der Waals surface area contributed by atoms with Crippen molar-refractivity contribution in [2.24, 2.45) is 0 Å². The molecule has 2 amide bonds. The van der Waals surface area contributed by atoms with E-state index in [1.165, 1.54) is 0 Å². The third-order valence-electron chi connectivity index (χ3n) is 3.16. The zero-order valence-corrected chi connectivity index (χ0v) is 9.82. The molecule has 0 aliphatic carbocycles. The topological polar surface area (TPSA) is 58.2 Å². The maximum absolute atomic E-state index is 12.1. The summed E-state index contributed by atoms with van der Waals surface area (Å²) >= 11 is 0. The van der Waals surface area contributed by atoms with Crippen molar-refractivity contribution in [3.05, 3.63) is 35.9 Å². The number of hydrogen-bond donors (Lipinski definition) is 2. The Hall–Kier alpha value is -1.84. The van der Waals surface area contributed by atoms with Gasteiger partial charge in [0.1, 0.15) is 0 Å². The Morgan fingerprint density at radius 3 is 2.24 bits per heavy atom. The summed E-state index contributed by atoms with van der Waals surface area (Å²) in [5, 5.41) is 5.43. The maximum Gasteiger partial charge on any atom is 0.241 e. The second-order valence-electron chi connectivity index (χ2n) is 4.21. The summed E-state index contributed by atoms with van der Waals surface area (Å²) < 4.78 is 0. The molecule has 1 aliphatic rings. The number of carbonyl (C=O) groups is 2. The number of carbonyl (C=O) groups excluding carboxylic acids is 2. The molecule has 2 rings (SSSR count). The van der Waals surface area contributed by atoms with Crippen molar-refractivity contribution < 1.29 is 9.59 Å². The maximum atomic E-state index is 12.1. The van der Waals surface area contributed by atoms with E-state index in [0.29, 0.717) is 6.42 Å². The van der Waals surface area contributed by atoms with Crippen molar-refractivity contribution in [1.82, 2.24) is 10.6 Å². The first-order valence-corrected chi connectivity index (χ1v) is 5.84. The third kappa shape index (κ3) is 1.79.